The van der Waals surface area contributed by atoms with Crippen LogP contribution in [0.15, 0.2) is 6.07 Å². The summed E-state index contributed by atoms with van der Waals surface area (Å²) in [5.41, 5.74) is 5.87. The lowest BCUT2D eigenvalue weighted by Gasteiger charge is -2.25. The summed E-state index contributed by atoms with van der Waals surface area (Å²) in [6, 6.07) is 2.57. The highest BCUT2D eigenvalue weighted by atomic mass is 15.2. The van der Waals surface area contributed by atoms with Gasteiger partial charge >= 0.3 is 0 Å². The molecular weight excluding hydrogens is 224 g/mol. The summed E-state index contributed by atoms with van der Waals surface area (Å²) in [6.45, 7) is 9.60. The predicted octanol–water partition coefficient (Wildman–Crippen LogP) is 2.74. The first-order valence-electron chi connectivity index (χ1n) is 6.83. The van der Waals surface area contributed by atoms with Crippen LogP contribution in [0.5, 0.6) is 0 Å². The van der Waals surface area contributed by atoms with Crippen molar-refractivity contribution >= 4 is 11.6 Å². The van der Waals surface area contributed by atoms with Crippen LogP contribution in [0.25, 0.3) is 0 Å². The molecule has 1 heterocycles. The van der Waals surface area contributed by atoms with E-state index in [1.807, 2.05) is 6.07 Å². The van der Waals surface area contributed by atoms with E-state index in [2.05, 4.69) is 37.6 Å². The summed E-state index contributed by atoms with van der Waals surface area (Å²) >= 11 is 0. The topological polar surface area (TPSA) is 55.0 Å². The molecule has 4 nitrogen and oxygen atoms in total. The van der Waals surface area contributed by atoms with Gasteiger partial charge in [-0.3, -0.25) is 0 Å². The summed E-state index contributed by atoms with van der Waals surface area (Å²) < 4.78 is 0. The first kappa shape index (κ1) is 13.1. The van der Waals surface area contributed by atoms with Crippen LogP contribution in [-0.4, -0.2) is 22.6 Å². The van der Waals surface area contributed by atoms with Gasteiger partial charge in [0.1, 0.15) is 17.5 Å². The third-order valence-corrected chi connectivity index (χ3v) is 3.15. The number of rotatable bonds is 4. The van der Waals surface area contributed by atoms with E-state index >= 15 is 0 Å². The molecule has 0 unspecified atom stereocenters. The van der Waals surface area contributed by atoms with Crippen molar-refractivity contribution in [1.29, 1.82) is 0 Å². The highest BCUT2D eigenvalue weighted by Gasteiger charge is 2.30. The van der Waals surface area contributed by atoms with Crippen LogP contribution >= 0.6 is 0 Å². The lowest BCUT2D eigenvalue weighted by Crippen LogP contribution is -2.29. The fourth-order valence-electron chi connectivity index (χ4n) is 2.05. The van der Waals surface area contributed by atoms with Crippen molar-refractivity contribution in [2.24, 2.45) is 0 Å². The Kier molecular flexibility index (Phi) is 3.46. The van der Waals surface area contributed by atoms with Crippen LogP contribution in [0.2, 0.25) is 0 Å². The van der Waals surface area contributed by atoms with Crippen molar-refractivity contribution in [1.82, 2.24) is 9.97 Å². The molecule has 0 aromatic carbocycles. The minimum Gasteiger partial charge on any atom is -0.384 e. The Morgan fingerprint density at radius 3 is 2.50 bits per heavy atom. The smallest absolute Gasteiger partial charge is 0.138 e. The molecule has 1 aromatic rings. The van der Waals surface area contributed by atoms with E-state index in [0.29, 0.717) is 11.9 Å². The van der Waals surface area contributed by atoms with Crippen molar-refractivity contribution in [3.05, 3.63) is 11.9 Å². The number of nitrogen functional groups attached to an aromatic ring is 1. The standard InChI is InChI=1S/C14H24N4/c1-5-8-18(10-6-7-10)12-9-11(15)16-13(17-12)14(2,3)4/h9-10H,5-8H2,1-4H3,(H2,15,16,17). The second kappa shape index (κ2) is 4.75. The molecular formula is C14H24N4. The third-order valence-electron chi connectivity index (χ3n) is 3.15. The van der Waals surface area contributed by atoms with E-state index in [1.165, 1.54) is 12.8 Å². The van der Waals surface area contributed by atoms with Gasteiger partial charge in [-0.2, -0.15) is 0 Å². The summed E-state index contributed by atoms with van der Waals surface area (Å²) in [4.78, 5) is 11.5. The van der Waals surface area contributed by atoms with Gasteiger partial charge in [0.25, 0.3) is 0 Å². The molecule has 4 heteroatoms. The quantitative estimate of drug-likeness (QED) is 0.890. The molecule has 0 aliphatic heterocycles. The molecule has 0 atom stereocenters. The van der Waals surface area contributed by atoms with Gasteiger partial charge in [0.2, 0.25) is 0 Å². The maximum Gasteiger partial charge on any atom is 0.138 e. The Morgan fingerprint density at radius 1 is 1.33 bits per heavy atom. The Balaban J connectivity index is 2.34. The maximum absolute atomic E-state index is 5.93. The number of nitrogens with zero attached hydrogens (tertiary/aromatic N) is 3. The molecule has 1 aliphatic rings. The first-order chi connectivity index (χ1) is 8.41. The first-order valence-corrected chi connectivity index (χ1v) is 6.83. The fourth-order valence-corrected chi connectivity index (χ4v) is 2.05. The zero-order chi connectivity index (χ0) is 13.3. The number of hydrogen-bond donors (Lipinski definition) is 1. The van der Waals surface area contributed by atoms with E-state index in [-0.39, 0.29) is 5.41 Å². The number of anilines is 2. The molecule has 0 radical (unpaired) electrons. The largest absolute Gasteiger partial charge is 0.384 e. The van der Waals surface area contributed by atoms with Crippen LogP contribution in [0, 0.1) is 0 Å². The normalized spacial score (nSPS) is 15.8. The van der Waals surface area contributed by atoms with Gasteiger partial charge in [-0.25, -0.2) is 9.97 Å². The summed E-state index contributed by atoms with van der Waals surface area (Å²) in [6.07, 6.45) is 3.68. The Bertz CT molecular complexity index is 418. The van der Waals surface area contributed by atoms with Crippen molar-refractivity contribution in [2.45, 2.75) is 58.4 Å². The minimum atomic E-state index is -0.0639. The zero-order valence-corrected chi connectivity index (χ0v) is 11.9. The monoisotopic (exact) mass is 248 g/mol. The van der Waals surface area contributed by atoms with Crippen molar-refractivity contribution in [3.63, 3.8) is 0 Å². The molecule has 1 aliphatic carbocycles. The van der Waals surface area contributed by atoms with Gasteiger partial charge in [-0.15, -0.1) is 0 Å². The average Bonchev–Trinajstić information content (AvgIpc) is 3.07. The van der Waals surface area contributed by atoms with Crippen LogP contribution in [0.3, 0.4) is 0 Å². The van der Waals surface area contributed by atoms with E-state index < -0.39 is 0 Å². The Labute approximate surface area is 110 Å². The van der Waals surface area contributed by atoms with Crippen LogP contribution in [0.4, 0.5) is 11.6 Å². The van der Waals surface area contributed by atoms with E-state index in [9.17, 15) is 0 Å². The van der Waals surface area contributed by atoms with Crippen molar-refractivity contribution < 1.29 is 0 Å². The SMILES string of the molecule is CCCN(c1cc(N)nc(C(C)(C)C)n1)C1CC1. The van der Waals surface area contributed by atoms with Gasteiger partial charge in [-0.1, -0.05) is 27.7 Å². The number of aromatic nitrogens is 2. The van der Waals surface area contributed by atoms with Gasteiger partial charge in [0.15, 0.2) is 0 Å². The van der Waals surface area contributed by atoms with E-state index in [0.717, 1.165) is 24.6 Å². The molecule has 2 rings (SSSR count). The summed E-state index contributed by atoms with van der Waals surface area (Å²) in [7, 11) is 0. The molecule has 100 valence electrons. The molecule has 0 amide bonds. The molecule has 1 aromatic heterocycles. The molecule has 18 heavy (non-hydrogen) atoms. The molecule has 0 bridgehead atoms. The van der Waals surface area contributed by atoms with E-state index in [4.69, 9.17) is 10.7 Å². The van der Waals surface area contributed by atoms with E-state index in [1.54, 1.807) is 0 Å². The minimum absolute atomic E-state index is 0.0639. The molecule has 1 fully saturated rings. The Hall–Kier alpha value is -1.32. The van der Waals surface area contributed by atoms with Crippen LogP contribution < -0.4 is 10.6 Å². The molecule has 2 N–H and O–H groups in total. The third kappa shape index (κ3) is 2.92. The fraction of sp³-hybridized carbons (Fsp3) is 0.714. The maximum atomic E-state index is 5.93. The van der Waals surface area contributed by atoms with Crippen molar-refractivity contribution in [2.75, 3.05) is 17.2 Å². The average molecular weight is 248 g/mol. The lowest BCUT2D eigenvalue weighted by atomic mass is 9.96. The second-order valence-corrected chi connectivity index (χ2v) is 6.15. The van der Waals surface area contributed by atoms with Crippen LogP contribution in [0.1, 0.15) is 52.8 Å². The molecule has 0 spiro atoms. The van der Waals surface area contributed by atoms with Gasteiger partial charge in [-0.05, 0) is 19.3 Å². The molecule has 1 saturated carbocycles. The summed E-state index contributed by atoms with van der Waals surface area (Å²) in [5.74, 6) is 2.41. The molecule has 0 saturated heterocycles. The van der Waals surface area contributed by atoms with Gasteiger partial charge < -0.3 is 10.6 Å². The number of nitrogens with two attached hydrogens (primary N) is 1. The van der Waals surface area contributed by atoms with Gasteiger partial charge in [0.05, 0.1) is 0 Å². The predicted molar refractivity (Wildman–Crippen MR) is 75.8 cm³/mol. The zero-order valence-electron chi connectivity index (χ0n) is 11.9. The lowest BCUT2D eigenvalue weighted by molar-refractivity contribution is 0.544. The second-order valence-electron chi connectivity index (χ2n) is 6.15. The highest BCUT2D eigenvalue weighted by Crippen LogP contribution is 2.32. The Morgan fingerprint density at radius 2 is 2.00 bits per heavy atom. The van der Waals surface area contributed by atoms with Gasteiger partial charge in [0, 0.05) is 24.1 Å². The number of hydrogen-bond acceptors (Lipinski definition) is 4. The van der Waals surface area contributed by atoms with Crippen molar-refractivity contribution in [3.8, 4) is 0 Å². The summed E-state index contributed by atoms with van der Waals surface area (Å²) in [5, 5.41) is 0. The highest BCUT2D eigenvalue weighted by molar-refractivity contribution is 5.49. The van der Waals surface area contributed by atoms with Crippen LogP contribution in [-0.2, 0) is 5.41 Å².